The van der Waals surface area contributed by atoms with Crippen LogP contribution >= 0.6 is 23.1 Å². The Bertz CT molecular complexity index is 703. The normalized spacial score (nSPS) is 24.6. The van der Waals surface area contributed by atoms with Gasteiger partial charge in [0.15, 0.2) is 0 Å². The predicted molar refractivity (Wildman–Crippen MR) is 91.8 cm³/mol. The summed E-state index contributed by atoms with van der Waals surface area (Å²) >= 11 is 3.15. The predicted octanol–water partition coefficient (Wildman–Crippen LogP) is 2.95. The summed E-state index contributed by atoms with van der Waals surface area (Å²) in [5.74, 6) is 0.645. The fraction of sp³-hybridized carbons (Fsp3) is 0.562. The van der Waals surface area contributed by atoms with Gasteiger partial charge in [0.1, 0.15) is 11.4 Å². The molecule has 2 aromatic rings. The van der Waals surface area contributed by atoms with Crippen molar-refractivity contribution in [1.29, 1.82) is 0 Å². The van der Waals surface area contributed by atoms with Gasteiger partial charge in [-0.2, -0.15) is 0 Å². The number of carbonyl (C=O) groups excluding carboxylic acids is 1. The smallest absolute Gasteiger partial charge is 0.233 e. The number of carbonyl (C=O) groups is 1. The van der Waals surface area contributed by atoms with Crippen molar-refractivity contribution < 1.29 is 9.53 Å². The first kappa shape index (κ1) is 15.4. The minimum atomic E-state index is 0.207. The van der Waals surface area contributed by atoms with Gasteiger partial charge in [-0.25, -0.2) is 9.97 Å². The first-order valence-corrected chi connectivity index (χ1v) is 9.91. The average molecular weight is 349 g/mol. The lowest BCUT2D eigenvalue weighted by Crippen LogP contribution is -2.55. The van der Waals surface area contributed by atoms with E-state index in [0.717, 1.165) is 34.6 Å². The Hall–Kier alpha value is -1.18. The standard InChI is InChI=1S/C16H19N3O2S2/c20-14(19-6-7-21-13-4-2-1-3-12(13)19)9-23-16-15-11(5-8-22-15)17-10-18-16/h5,8,10,12-13H,1-4,6-7,9H2/t12-,13+/m1/s1. The van der Waals surface area contributed by atoms with Gasteiger partial charge in [0.25, 0.3) is 0 Å². The Labute approximate surface area is 143 Å². The highest BCUT2D eigenvalue weighted by atomic mass is 32.2. The zero-order valence-corrected chi connectivity index (χ0v) is 14.4. The quantitative estimate of drug-likeness (QED) is 0.630. The maximum atomic E-state index is 12.7. The van der Waals surface area contributed by atoms with Gasteiger partial charge >= 0.3 is 0 Å². The van der Waals surface area contributed by atoms with Gasteiger partial charge in [-0.1, -0.05) is 24.6 Å². The van der Waals surface area contributed by atoms with Crippen LogP contribution in [0.1, 0.15) is 25.7 Å². The zero-order chi connectivity index (χ0) is 15.6. The number of hydrogen-bond acceptors (Lipinski definition) is 6. The van der Waals surface area contributed by atoms with Gasteiger partial charge < -0.3 is 9.64 Å². The summed E-state index contributed by atoms with van der Waals surface area (Å²) in [7, 11) is 0. The number of aromatic nitrogens is 2. The fourth-order valence-corrected chi connectivity index (χ4v) is 5.32. The van der Waals surface area contributed by atoms with Gasteiger partial charge in [0.05, 0.1) is 34.7 Å². The maximum absolute atomic E-state index is 12.7. The van der Waals surface area contributed by atoms with Crippen LogP contribution in [-0.2, 0) is 9.53 Å². The molecule has 0 spiro atoms. The highest BCUT2D eigenvalue weighted by molar-refractivity contribution is 8.00. The molecule has 1 saturated carbocycles. The van der Waals surface area contributed by atoms with Crippen LogP contribution in [0.25, 0.3) is 10.2 Å². The molecule has 122 valence electrons. The van der Waals surface area contributed by atoms with Crippen molar-refractivity contribution in [2.24, 2.45) is 0 Å². The third-order valence-corrected chi connectivity index (χ3v) is 6.61. The molecule has 2 fully saturated rings. The third-order valence-electron chi connectivity index (χ3n) is 4.60. The molecular weight excluding hydrogens is 330 g/mol. The molecule has 0 N–H and O–H groups in total. The van der Waals surface area contributed by atoms with Crippen LogP contribution in [-0.4, -0.2) is 51.8 Å². The molecule has 1 saturated heterocycles. The van der Waals surface area contributed by atoms with E-state index in [0.29, 0.717) is 12.4 Å². The SMILES string of the molecule is O=C(CSc1ncnc2ccsc12)N1CCO[C@H]2CCCC[C@H]21. The Morgan fingerprint density at radius 3 is 3.26 bits per heavy atom. The first-order chi connectivity index (χ1) is 11.3. The molecule has 2 atom stereocenters. The first-order valence-electron chi connectivity index (χ1n) is 8.05. The second-order valence-electron chi connectivity index (χ2n) is 5.95. The van der Waals surface area contributed by atoms with Crippen molar-refractivity contribution in [2.45, 2.75) is 42.9 Å². The summed E-state index contributed by atoms with van der Waals surface area (Å²) in [6.07, 6.45) is 6.40. The maximum Gasteiger partial charge on any atom is 0.233 e. The van der Waals surface area contributed by atoms with Gasteiger partial charge in [-0.05, 0) is 24.3 Å². The van der Waals surface area contributed by atoms with Gasteiger partial charge in [0.2, 0.25) is 5.91 Å². The van der Waals surface area contributed by atoms with Crippen LogP contribution < -0.4 is 0 Å². The molecule has 3 heterocycles. The van der Waals surface area contributed by atoms with E-state index in [1.165, 1.54) is 24.6 Å². The summed E-state index contributed by atoms with van der Waals surface area (Å²) in [6.45, 7) is 1.39. The van der Waals surface area contributed by atoms with E-state index in [2.05, 4.69) is 9.97 Å². The molecule has 0 aromatic carbocycles. The summed E-state index contributed by atoms with van der Waals surface area (Å²) in [4.78, 5) is 23.4. The van der Waals surface area contributed by atoms with Crippen LogP contribution in [0, 0.1) is 0 Å². The number of hydrogen-bond donors (Lipinski definition) is 0. The lowest BCUT2D eigenvalue weighted by molar-refractivity contribution is -0.146. The second kappa shape index (κ2) is 6.75. The average Bonchev–Trinajstić information content (AvgIpc) is 3.08. The van der Waals surface area contributed by atoms with Crippen LogP contribution in [0.5, 0.6) is 0 Å². The molecule has 0 radical (unpaired) electrons. The summed E-state index contributed by atoms with van der Waals surface area (Å²) in [6, 6.07) is 2.26. The Morgan fingerprint density at radius 2 is 2.30 bits per heavy atom. The van der Waals surface area contributed by atoms with Crippen LogP contribution in [0.4, 0.5) is 0 Å². The summed E-state index contributed by atoms with van der Waals surface area (Å²) in [5.41, 5.74) is 0.957. The minimum absolute atomic E-state index is 0.207. The van der Waals surface area contributed by atoms with E-state index >= 15 is 0 Å². The molecule has 1 amide bonds. The van der Waals surface area contributed by atoms with E-state index < -0.39 is 0 Å². The molecule has 5 nitrogen and oxygen atoms in total. The van der Waals surface area contributed by atoms with E-state index in [-0.39, 0.29) is 18.1 Å². The molecule has 7 heteroatoms. The number of nitrogens with zero attached hydrogens (tertiary/aromatic N) is 3. The highest BCUT2D eigenvalue weighted by Crippen LogP contribution is 2.31. The van der Waals surface area contributed by atoms with Gasteiger partial charge in [-0.3, -0.25) is 4.79 Å². The minimum Gasteiger partial charge on any atom is -0.374 e. The Balaban J connectivity index is 1.44. The number of amides is 1. The summed E-state index contributed by atoms with van der Waals surface area (Å²) < 4.78 is 6.92. The van der Waals surface area contributed by atoms with E-state index in [9.17, 15) is 4.79 Å². The van der Waals surface area contributed by atoms with Crippen molar-refractivity contribution in [2.75, 3.05) is 18.9 Å². The number of ether oxygens (including phenoxy) is 1. The van der Waals surface area contributed by atoms with Crippen molar-refractivity contribution in [1.82, 2.24) is 14.9 Å². The second-order valence-corrected chi connectivity index (χ2v) is 7.83. The molecule has 2 aromatic heterocycles. The van der Waals surface area contributed by atoms with Crippen molar-refractivity contribution in [3.63, 3.8) is 0 Å². The van der Waals surface area contributed by atoms with Crippen LogP contribution in [0.15, 0.2) is 22.8 Å². The Kier molecular flexibility index (Phi) is 4.50. The molecule has 0 unspecified atom stereocenters. The van der Waals surface area contributed by atoms with Crippen LogP contribution in [0.3, 0.4) is 0 Å². The highest BCUT2D eigenvalue weighted by Gasteiger charge is 2.36. The van der Waals surface area contributed by atoms with Crippen molar-refractivity contribution in [3.05, 3.63) is 17.8 Å². The molecule has 2 aliphatic rings. The molecule has 4 rings (SSSR count). The molecular formula is C16H19N3O2S2. The number of fused-ring (bicyclic) bond motifs is 2. The zero-order valence-electron chi connectivity index (χ0n) is 12.8. The molecule has 0 bridgehead atoms. The monoisotopic (exact) mass is 349 g/mol. The lowest BCUT2D eigenvalue weighted by Gasteiger charge is -2.43. The molecule has 23 heavy (non-hydrogen) atoms. The van der Waals surface area contributed by atoms with Crippen molar-refractivity contribution in [3.8, 4) is 0 Å². The number of rotatable bonds is 3. The van der Waals surface area contributed by atoms with E-state index in [4.69, 9.17) is 4.74 Å². The van der Waals surface area contributed by atoms with Gasteiger partial charge in [0, 0.05) is 6.54 Å². The Morgan fingerprint density at radius 1 is 1.39 bits per heavy atom. The largest absolute Gasteiger partial charge is 0.374 e. The van der Waals surface area contributed by atoms with Crippen molar-refractivity contribution >= 4 is 39.2 Å². The number of thiophene rings is 1. The molecule has 1 aliphatic carbocycles. The van der Waals surface area contributed by atoms with Crippen LogP contribution in [0.2, 0.25) is 0 Å². The topological polar surface area (TPSA) is 55.3 Å². The third kappa shape index (κ3) is 3.09. The van der Waals surface area contributed by atoms with Gasteiger partial charge in [-0.15, -0.1) is 11.3 Å². The van der Waals surface area contributed by atoms with E-state index in [1.54, 1.807) is 17.7 Å². The lowest BCUT2D eigenvalue weighted by atomic mass is 9.90. The molecule has 1 aliphatic heterocycles. The number of morpholine rings is 1. The summed E-state index contributed by atoms with van der Waals surface area (Å²) in [5, 5.41) is 2.92. The number of thioether (sulfide) groups is 1. The van der Waals surface area contributed by atoms with E-state index in [1.807, 2.05) is 16.3 Å². The fourth-order valence-electron chi connectivity index (χ4n) is 3.49.